The van der Waals surface area contributed by atoms with E-state index in [0.29, 0.717) is 28.6 Å². The number of nitrogens with one attached hydrogen (secondary N) is 1. The van der Waals surface area contributed by atoms with Gasteiger partial charge in [0, 0.05) is 11.6 Å². The fourth-order valence-corrected chi connectivity index (χ4v) is 4.51. The highest BCUT2D eigenvalue weighted by atomic mass is 32.2. The molecular formula is C23H22N6O6S. The molecule has 2 N–H and O–H groups in total. The Morgan fingerprint density at radius 1 is 1.19 bits per heavy atom. The maximum Gasteiger partial charge on any atom is 0.296 e. The van der Waals surface area contributed by atoms with Crippen LogP contribution in [0.4, 0.5) is 17.1 Å². The van der Waals surface area contributed by atoms with Gasteiger partial charge in [-0.05, 0) is 30.5 Å². The molecule has 0 aliphatic rings. The molecule has 0 bridgehead atoms. The van der Waals surface area contributed by atoms with Gasteiger partial charge in [0.15, 0.2) is 11.4 Å². The molecule has 0 atom stereocenters. The van der Waals surface area contributed by atoms with Gasteiger partial charge in [0.05, 0.1) is 10.7 Å². The van der Waals surface area contributed by atoms with Gasteiger partial charge in [0.2, 0.25) is 15.9 Å². The number of hydrogen-bond donors (Lipinski definition) is 2. The summed E-state index contributed by atoms with van der Waals surface area (Å²) >= 11 is 0. The van der Waals surface area contributed by atoms with Crippen molar-refractivity contribution in [1.29, 1.82) is 5.26 Å². The minimum absolute atomic E-state index is 0.108. The van der Waals surface area contributed by atoms with Crippen molar-refractivity contribution in [3.63, 3.8) is 0 Å². The number of unbranched alkanes of at least 4 members (excludes halogenated alkanes) is 1. The molecule has 186 valence electrons. The predicted octanol–water partition coefficient (Wildman–Crippen LogP) is 4.40. The molecule has 1 heterocycles. The van der Waals surface area contributed by atoms with E-state index in [1.807, 2.05) is 4.83 Å². The molecular weight excluding hydrogens is 488 g/mol. The van der Waals surface area contributed by atoms with Crippen LogP contribution in [0.3, 0.4) is 0 Å². The Hall–Kier alpha value is -4.57. The van der Waals surface area contributed by atoms with E-state index < -0.39 is 37.6 Å². The van der Waals surface area contributed by atoms with E-state index >= 15 is 0 Å². The van der Waals surface area contributed by atoms with Gasteiger partial charge >= 0.3 is 0 Å². The number of nitrogens with zero attached hydrogens (tertiary/aromatic N) is 5. The standard InChI is InChI=1S/C23H22N6O6S/c1-3-4-12-36(34,35)27-28-22(30)17(14-24)20(16-8-6-5-7-9-16)21(23(28)31)26-25-18-11-10-15(2)13-19(18)29(32)33/h5-11,13,27,31H,3-4,12H2,1-2H3/b26-25+. The number of aromatic hydroxyl groups is 1. The van der Waals surface area contributed by atoms with Gasteiger partial charge in [-0.2, -0.15) is 9.94 Å². The Morgan fingerprint density at radius 3 is 2.50 bits per heavy atom. The molecule has 12 nitrogen and oxygen atoms in total. The second-order valence-electron chi connectivity index (χ2n) is 7.75. The highest BCUT2D eigenvalue weighted by Crippen LogP contribution is 2.40. The number of nitro benzene ring substituents is 1. The molecule has 0 aliphatic heterocycles. The molecule has 0 saturated carbocycles. The first-order valence-electron chi connectivity index (χ1n) is 10.7. The number of azo groups is 1. The fourth-order valence-electron chi connectivity index (χ4n) is 3.31. The third kappa shape index (κ3) is 5.56. The zero-order valence-corrected chi connectivity index (χ0v) is 20.2. The van der Waals surface area contributed by atoms with E-state index in [1.165, 1.54) is 12.1 Å². The van der Waals surface area contributed by atoms with Crippen molar-refractivity contribution in [2.45, 2.75) is 26.7 Å². The zero-order valence-electron chi connectivity index (χ0n) is 19.4. The molecule has 0 unspecified atom stereocenters. The average molecular weight is 511 g/mol. The zero-order chi connectivity index (χ0) is 26.5. The van der Waals surface area contributed by atoms with Crippen LogP contribution in [0.5, 0.6) is 5.88 Å². The van der Waals surface area contributed by atoms with E-state index in [-0.39, 0.29) is 22.7 Å². The smallest absolute Gasteiger partial charge is 0.296 e. The van der Waals surface area contributed by atoms with Crippen molar-refractivity contribution in [3.05, 3.63) is 80.1 Å². The van der Waals surface area contributed by atoms with Crippen molar-refractivity contribution >= 4 is 27.1 Å². The van der Waals surface area contributed by atoms with Crippen molar-refractivity contribution in [2.24, 2.45) is 10.2 Å². The van der Waals surface area contributed by atoms with Gasteiger partial charge in [-0.25, -0.2) is 13.2 Å². The highest BCUT2D eigenvalue weighted by Gasteiger charge is 2.26. The lowest BCUT2D eigenvalue weighted by Crippen LogP contribution is -2.35. The monoisotopic (exact) mass is 510 g/mol. The summed E-state index contributed by atoms with van der Waals surface area (Å²) in [7, 11) is -4.07. The maximum absolute atomic E-state index is 13.1. The first-order chi connectivity index (χ1) is 17.1. The van der Waals surface area contributed by atoms with E-state index in [2.05, 4.69) is 10.2 Å². The summed E-state index contributed by atoms with van der Waals surface area (Å²) in [6.45, 7) is 3.44. The van der Waals surface area contributed by atoms with Crippen LogP contribution in [-0.4, -0.2) is 28.9 Å². The molecule has 0 radical (unpaired) electrons. The number of nitro groups is 1. The van der Waals surface area contributed by atoms with Crippen LogP contribution in [0.25, 0.3) is 11.1 Å². The molecule has 0 saturated heterocycles. The number of hydrogen-bond acceptors (Lipinski definition) is 9. The lowest BCUT2D eigenvalue weighted by atomic mass is 10.00. The molecule has 36 heavy (non-hydrogen) atoms. The molecule has 0 fully saturated rings. The number of sulfonamides is 1. The average Bonchev–Trinajstić information content (AvgIpc) is 2.85. The minimum atomic E-state index is -4.07. The van der Waals surface area contributed by atoms with Crippen molar-refractivity contribution < 1.29 is 18.4 Å². The molecule has 1 aromatic heterocycles. The Kier molecular flexibility index (Phi) is 7.80. The van der Waals surface area contributed by atoms with Gasteiger partial charge in [-0.15, -0.1) is 10.2 Å². The molecule has 0 amide bonds. The number of benzene rings is 2. The number of pyridine rings is 1. The van der Waals surface area contributed by atoms with Crippen LogP contribution in [0, 0.1) is 28.4 Å². The molecule has 3 aromatic rings. The number of aromatic nitrogens is 1. The highest BCUT2D eigenvalue weighted by molar-refractivity contribution is 7.92. The third-order valence-electron chi connectivity index (χ3n) is 5.08. The van der Waals surface area contributed by atoms with Gasteiger partial charge < -0.3 is 5.11 Å². The van der Waals surface area contributed by atoms with Crippen LogP contribution in [-0.2, 0) is 10.0 Å². The molecule has 0 spiro atoms. The summed E-state index contributed by atoms with van der Waals surface area (Å²) in [4.78, 5) is 25.9. The molecule has 3 rings (SSSR count). The van der Waals surface area contributed by atoms with Crippen LogP contribution < -0.4 is 10.4 Å². The van der Waals surface area contributed by atoms with Gasteiger partial charge in [0.1, 0.15) is 11.6 Å². The summed E-state index contributed by atoms with van der Waals surface area (Å²) in [6, 6.07) is 14.0. The van der Waals surface area contributed by atoms with Gasteiger partial charge in [-0.1, -0.05) is 49.7 Å². The maximum atomic E-state index is 13.1. The largest absolute Gasteiger partial charge is 0.492 e. The molecule has 13 heteroatoms. The fraction of sp³-hybridized carbons (Fsp3) is 0.217. The Labute approximate surface area is 206 Å². The van der Waals surface area contributed by atoms with Gasteiger partial charge in [-0.3, -0.25) is 14.9 Å². The van der Waals surface area contributed by atoms with Crippen LogP contribution in [0.2, 0.25) is 0 Å². The number of nitriles is 1. The van der Waals surface area contributed by atoms with E-state index in [4.69, 9.17) is 0 Å². The van der Waals surface area contributed by atoms with Crippen molar-refractivity contribution in [3.8, 4) is 23.1 Å². The summed E-state index contributed by atoms with van der Waals surface area (Å²) in [5.41, 5.74) is -1.74. The normalized spacial score (nSPS) is 11.4. The van der Waals surface area contributed by atoms with Crippen LogP contribution >= 0.6 is 0 Å². The Bertz CT molecular complexity index is 1540. The topological polar surface area (TPSA) is 180 Å². The number of rotatable bonds is 9. The summed E-state index contributed by atoms with van der Waals surface area (Å²) in [5.74, 6) is -1.26. The van der Waals surface area contributed by atoms with Crippen LogP contribution in [0.1, 0.15) is 30.9 Å². The first-order valence-corrected chi connectivity index (χ1v) is 12.4. The van der Waals surface area contributed by atoms with Crippen LogP contribution in [0.15, 0.2) is 63.6 Å². The number of aryl methyl sites for hydroxylation is 1. The lowest BCUT2D eigenvalue weighted by Gasteiger charge is -2.16. The second kappa shape index (κ2) is 10.8. The van der Waals surface area contributed by atoms with Gasteiger partial charge in [0.25, 0.3) is 11.2 Å². The quantitative estimate of drug-likeness (QED) is 0.243. The Balaban J connectivity index is 2.32. The van der Waals surface area contributed by atoms with E-state index in [9.17, 15) is 33.7 Å². The predicted molar refractivity (Wildman–Crippen MR) is 133 cm³/mol. The minimum Gasteiger partial charge on any atom is -0.492 e. The summed E-state index contributed by atoms with van der Waals surface area (Å²) in [5, 5.41) is 40.1. The van der Waals surface area contributed by atoms with E-state index in [0.717, 1.165) is 0 Å². The van der Waals surface area contributed by atoms with Crippen molar-refractivity contribution in [1.82, 2.24) is 4.68 Å². The molecule has 2 aromatic carbocycles. The van der Waals surface area contributed by atoms with Crippen molar-refractivity contribution in [2.75, 3.05) is 10.6 Å². The second-order valence-corrected chi connectivity index (χ2v) is 9.57. The first kappa shape index (κ1) is 26.0. The third-order valence-corrected chi connectivity index (χ3v) is 6.37. The lowest BCUT2D eigenvalue weighted by molar-refractivity contribution is -0.384. The summed E-state index contributed by atoms with van der Waals surface area (Å²) in [6.07, 6.45) is 0.856. The summed E-state index contributed by atoms with van der Waals surface area (Å²) < 4.78 is 25.2. The SMILES string of the molecule is CCCCS(=O)(=O)Nn1c(O)c(/N=N/c2ccc(C)cc2[N+](=O)[O-])c(-c2ccccc2)c(C#N)c1=O. The van der Waals surface area contributed by atoms with E-state index in [1.54, 1.807) is 56.3 Å². The Morgan fingerprint density at radius 2 is 1.89 bits per heavy atom. The molecule has 0 aliphatic carbocycles.